The highest BCUT2D eigenvalue weighted by atomic mass is 35.5. The van der Waals surface area contributed by atoms with Gasteiger partial charge in [-0.3, -0.25) is 4.79 Å². The van der Waals surface area contributed by atoms with Crippen LogP contribution in [0.15, 0.2) is 48.5 Å². The van der Waals surface area contributed by atoms with Crippen LogP contribution < -0.4 is 4.74 Å². The van der Waals surface area contributed by atoms with Crippen molar-refractivity contribution < 1.29 is 9.53 Å². The fraction of sp³-hybridized carbons (Fsp3) is 0.222. The number of ether oxygens (including phenoxy) is 1. The number of nitrogens with zero attached hydrogens (tertiary/aromatic N) is 1. The SMILES string of the molecule is COc1ccc(C(=O)[C@]2(C#N)C[C@H]2c2ccc(Cl)cc2)cc1. The van der Waals surface area contributed by atoms with Crippen LogP contribution in [-0.2, 0) is 0 Å². The number of carbonyl (C=O) groups excluding carboxylic acids is 1. The second kappa shape index (κ2) is 5.47. The van der Waals surface area contributed by atoms with E-state index in [1.807, 2.05) is 12.1 Å². The average Bonchev–Trinajstić information content (AvgIpc) is 3.31. The maximum absolute atomic E-state index is 12.7. The Kier molecular flexibility index (Phi) is 3.64. The molecule has 0 unspecified atom stereocenters. The van der Waals surface area contributed by atoms with Gasteiger partial charge < -0.3 is 4.74 Å². The molecular formula is C18H14ClNO2. The molecule has 0 radical (unpaired) electrons. The van der Waals surface area contributed by atoms with Gasteiger partial charge in [-0.05, 0) is 48.4 Å². The van der Waals surface area contributed by atoms with Gasteiger partial charge in [-0.1, -0.05) is 23.7 Å². The molecule has 1 saturated carbocycles. The number of halogens is 1. The lowest BCUT2D eigenvalue weighted by Gasteiger charge is -2.09. The Morgan fingerprint density at radius 1 is 1.23 bits per heavy atom. The van der Waals surface area contributed by atoms with Gasteiger partial charge >= 0.3 is 0 Å². The number of methoxy groups -OCH3 is 1. The summed E-state index contributed by atoms with van der Waals surface area (Å²) in [5.41, 5.74) is 0.564. The number of hydrogen-bond donors (Lipinski definition) is 0. The van der Waals surface area contributed by atoms with Crippen molar-refractivity contribution in [3.63, 3.8) is 0 Å². The first kappa shape index (κ1) is 14.6. The number of ketones is 1. The van der Waals surface area contributed by atoms with Gasteiger partial charge in [0, 0.05) is 16.5 Å². The maximum Gasteiger partial charge on any atom is 0.183 e. The second-order valence-electron chi connectivity index (χ2n) is 5.45. The number of benzene rings is 2. The second-order valence-corrected chi connectivity index (χ2v) is 5.89. The molecule has 110 valence electrons. The summed E-state index contributed by atoms with van der Waals surface area (Å²) >= 11 is 5.88. The first-order chi connectivity index (χ1) is 10.6. The normalized spacial score (nSPS) is 22.7. The molecule has 3 rings (SSSR count). The van der Waals surface area contributed by atoms with Crippen molar-refractivity contribution in [1.29, 1.82) is 5.26 Å². The zero-order valence-corrected chi connectivity index (χ0v) is 12.8. The number of nitriles is 1. The zero-order valence-electron chi connectivity index (χ0n) is 12.0. The van der Waals surface area contributed by atoms with E-state index in [1.165, 1.54) is 0 Å². The Morgan fingerprint density at radius 3 is 2.41 bits per heavy atom. The lowest BCUT2D eigenvalue weighted by molar-refractivity contribution is 0.0931. The molecule has 0 spiro atoms. The third-order valence-electron chi connectivity index (χ3n) is 4.19. The van der Waals surface area contributed by atoms with Gasteiger partial charge in [0.15, 0.2) is 5.78 Å². The molecule has 2 aromatic rings. The van der Waals surface area contributed by atoms with Crippen molar-refractivity contribution >= 4 is 17.4 Å². The molecule has 0 heterocycles. The highest BCUT2D eigenvalue weighted by Gasteiger charge is 2.61. The standard InChI is InChI=1S/C18H14ClNO2/c1-22-15-8-4-13(5-9-15)17(21)18(11-20)10-16(18)12-2-6-14(19)7-3-12/h2-9,16H,10H2,1H3/t16-,18-/m0/s1. The summed E-state index contributed by atoms with van der Waals surface area (Å²) in [4.78, 5) is 12.7. The fourth-order valence-electron chi connectivity index (χ4n) is 2.79. The molecule has 1 aliphatic carbocycles. The molecule has 1 aliphatic rings. The highest BCUT2D eigenvalue weighted by Crippen LogP contribution is 2.60. The average molecular weight is 312 g/mol. The molecule has 2 atom stereocenters. The van der Waals surface area contributed by atoms with E-state index in [0.717, 1.165) is 5.56 Å². The van der Waals surface area contributed by atoms with Gasteiger partial charge in [0.1, 0.15) is 11.2 Å². The van der Waals surface area contributed by atoms with E-state index in [0.29, 0.717) is 22.8 Å². The van der Waals surface area contributed by atoms with Gasteiger partial charge in [0.2, 0.25) is 0 Å². The monoisotopic (exact) mass is 311 g/mol. The Hall–Kier alpha value is -2.31. The topological polar surface area (TPSA) is 50.1 Å². The smallest absolute Gasteiger partial charge is 0.183 e. The molecule has 0 saturated heterocycles. The number of carbonyl (C=O) groups is 1. The van der Waals surface area contributed by atoms with Crippen LogP contribution in [-0.4, -0.2) is 12.9 Å². The molecule has 3 nitrogen and oxygen atoms in total. The number of Topliss-reactive ketones (excluding diaryl/α,β-unsaturated/α-hetero) is 1. The minimum atomic E-state index is -0.956. The molecule has 0 aliphatic heterocycles. The van der Waals surface area contributed by atoms with Crippen molar-refractivity contribution in [1.82, 2.24) is 0 Å². The maximum atomic E-state index is 12.7. The van der Waals surface area contributed by atoms with Crippen LogP contribution in [0.3, 0.4) is 0 Å². The van der Waals surface area contributed by atoms with Crippen molar-refractivity contribution in [2.24, 2.45) is 5.41 Å². The van der Waals surface area contributed by atoms with Crippen LogP contribution in [0, 0.1) is 16.7 Å². The molecule has 4 heteroatoms. The third-order valence-corrected chi connectivity index (χ3v) is 4.44. The lowest BCUT2D eigenvalue weighted by atomic mass is 9.91. The van der Waals surface area contributed by atoms with E-state index < -0.39 is 5.41 Å². The van der Waals surface area contributed by atoms with Crippen molar-refractivity contribution in [2.45, 2.75) is 12.3 Å². The van der Waals surface area contributed by atoms with Gasteiger partial charge in [-0.2, -0.15) is 5.26 Å². The van der Waals surface area contributed by atoms with Gasteiger partial charge in [-0.25, -0.2) is 0 Å². The Balaban J connectivity index is 1.87. The first-order valence-corrected chi connectivity index (χ1v) is 7.34. The number of rotatable bonds is 4. The van der Waals surface area contributed by atoms with E-state index in [2.05, 4.69) is 6.07 Å². The summed E-state index contributed by atoms with van der Waals surface area (Å²) in [6.45, 7) is 0. The Labute approximate surface area is 134 Å². The third kappa shape index (κ3) is 2.36. The van der Waals surface area contributed by atoms with Crippen LogP contribution in [0.2, 0.25) is 5.02 Å². The molecule has 0 amide bonds. The molecule has 0 aromatic heterocycles. The van der Waals surface area contributed by atoms with E-state index in [9.17, 15) is 10.1 Å². The highest BCUT2D eigenvalue weighted by molar-refractivity contribution is 6.30. The van der Waals surface area contributed by atoms with Gasteiger partial charge in [0.25, 0.3) is 0 Å². The van der Waals surface area contributed by atoms with Crippen LogP contribution in [0.25, 0.3) is 0 Å². The van der Waals surface area contributed by atoms with E-state index in [1.54, 1.807) is 43.5 Å². The van der Waals surface area contributed by atoms with Crippen molar-refractivity contribution in [2.75, 3.05) is 7.11 Å². The predicted octanol–water partition coefficient (Wildman–Crippen LogP) is 4.23. The molecule has 0 N–H and O–H groups in total. The quantitative estimate of drug-likeness (QED) is 0.794. The summed E-state index contributed by atoms with van der Waals surface area (Å²) in [5.74, 6) is 0.495. The molecule has 1 fully saturated rings. The predicted molar refractivity (Wildman–Crippen MR) is 84.2 cm³/mol. The zero-order chi connectivity index (χ0) is 15.7. The Morgan fingerprint density at radius 2 is 1.86 bits per heavy atom. The van der Waals surface area contributed by atoms with Crippen LogP contribution in [0.4, 0.5) is 0 Å². The van der Waals surface area contributed by atoms with Gasteiger partial charge in [0.05, 0.1) is 13.2 Å². The van der Waals surface area contributed by atoms with Crippen LogP contribution >= 0.6 is 11.6 Å². The van der Waals surface area contributed by atoms with E-state index in [-0.39, 0.29) is 11.7 Å². The summed E-state index contributed by atoms with van der Waals surface area (Å²) in [7, 11) is 1.57. The minimum Gasteiger partial charge on any atom is -0.497 e. The molecule has 2 aromatic carbocycles. The van der Waals surface area contributed by atoms with Crippen molar-refractivity contribution in [3.05, 3.63) is 64.7 Å². The van der Waals surface area contributed by atoms with E-state index in [4.69, 9.17) is 16.3 Å². The summed E-state index contributed by atoms with van der Waals surface area (Å²) in [5, 5.41) is 10.2. The molecule has 0 bridgehead atoms. The van der Waals surface area contributed by atoms with Crippen LogP contribution in [0.5, 0.6) is 5.75 Å². The van der Waals surface area contributed by atoms with Gasteiger partial charge in [-0.15, -0.1) is 0 Å². The number of hydrogen-bond acceptors (Lipinski definition) is 3. The fourth-order valence-corrected chi connectivity index (χ4v) is 2.91. The Bertz CT molecular complexity index is 746. The molecule has 22 heavy (non-hydrogen) atoms. The summed E-state index contributed by atoms with van der Waals surface area (Å²) in [6.07, 6.45) is 0.552. The largest absolute Gasteiger partial charge is 0.497 e. The summed E-state index contributed by atoms with van der Waals surface area (Å²) in [6, 6.07) is 16.4. The molecular weight excluding hydrogens is 298 g/mol. The van der Waals surface area contributed by atoms with Crippen LogP contribution in [0.1, 0.15) is 28.3 Å². The first-order valence-electron chi connectivity index (χ1n) is 6.96. The minimum absolute atomic E-state index is 0.0654. The van der Waals surface area contributed by atoms with E-state index >= 15 is 0 Å². The summed E-state index contributed by atoms with van der Waals surface area (Å²) < 4.78 is 5.09. The van der Waals surface area contributed by atoms with Crippen molar-refractivity contribution in [3.8, 4) is 11.8 Å². The lowest BCUT2D eigenvalue weighted by Crippen LogP contribution is -2.16.